The van der Waals surface area contributed by atoms with E-state index in [1.165, 1.54) is 16.4 Å². The minimum atomic E-state index is -3.70. The van der Waals surface area contributed by atoms with E-state index in [0.717, 1.165) is 0 Å². The Bertz CT molecular complexity index is 600. The van der Waals surface area contributed by atoms with E-state index in [4.69, 9.17) is 28.9 Å². The molecule has 1 fully saturated rings. The minimum Gasteiger partial charge on any atom is -0.327 e. The number of hydrogen-bond donors (Lipinski definition) is 1. The molecule has 1 aliphatic rings. The molecule has 0 aromatic heterocycles. The molecule has 8 heteroatoms. The van der Waals surface area contributed by atoms with E-state index in [1.807, 2.05) is 13.8 Å². The van der Waals surface area contributed by atoms with Crippen LogP contribution in [0.15, 0.2) is 23.1 Å². The number of sulfonamides is 1. The number of rotatable bonds is 2. The number of halogens is 3. The molecular formula is C13H19Cl3N2O2S. The van der Waals surface area contributed by atoms with Crippen LogP contribution in [0.5, 0.6) is 0 Å². The highest BCUT2D eigenvalue weighted by Gasteiger charge is 2.40. The van der Waals surface area contributed by atoms with E-state index >= 15 is 0 Å². The molecule has 0 amide bonds. The molecule has 1 heterocycles. The largest absolute Gasteiger partial charge is 0.327 e. The van der Waals surface area contributed by atoms with Crippen molar-refractivity contribution in [2.24, 2.45) is 11.1 Å². The summed E-state index contributed by atoms with van der Waals surface area (Å²) >= 11 is 12.0. The fraction of sp³-hybridized carbons (Fsp3) is 0.538. The first kappa shape index (κ1) is 19.0. The van der Waals surface area contributed by atoms with Crippen LogP contribution >= 0.6 is 35.6 Å². The lowest BCUT2D eigenvalue weighted by Crippen LogP contribution is -2.53. The van der Waals surface area contributed by atoms with Crippen LogP contribution < -0.4 is 5.73 Å². The lowest BCUT2D eigenvalue weighted by atomic mass is 9.81. The molecule has 0 radical (unpaired) electrons. The van der Waals surface area contributed by atoms with Gasteiger partial charge < -0.3 is 5.73 Å². The second-order valence-corrected chi connectivity index (χ2v) is 8.46. The molecule has 1 saturated heterocycles. The fourth-order valence-electron chi connectivity index (χ4n) is 2.39. The van der Waals surface area contributed by atoms with Crippen molar-refractivity contribution in [1.29, 1.82) is 0 Å². The van der Waals surface area contributed by atoms with Gasteiger partial charge in [-0.3, -0.25) is 0 Å². The van der Waals surface area contributed by atoms with Gasteiger partial charge in [0.25, 0.3) is 0 Å². The predicted octanol–water partition coefficient (Wildman–Crippen LogP) is 3.16. The standard InChI is InChI=1S/C13H18Cl2N2O2S.ClH/c1-13(2)8-17(7-6-11(13)16)20(18,19)12-9(14)4-3-5-10(12)15;/h3-5,11H,6-8,16H2,1-2H3;1H. The van der Waals surface area contributed by atoms with Crippen molar-refractivity contribution in [2.45, 2.75) is 31.2 Å². The highest BCUT2D eigenvalue weighted by atomic mass is 35.5. The van der Waals surface area contributed by atoms with Crippen LogP contribution in [0.25, 0.3) is 0 Å². The molecule has 2 N–H and O–H groups in total. The Hall–Kier alpha value is -0.0400. The molecular weight excluding hydrogens is 355 g/mol. The topological polar surface area (TPSA) is 63.4 Å². The van der Waals surface area contributed by atoms with Gasteiger partial charge in [0.2, 0.25) is 10.0 Å². The summed E-state index contributed by atoms with van der Waals surface area (Å²) in [7, 11) is -3.70. The monoisotopic (exact) mass is 372 g/mol. The quantitative estimate of drug-likeness (QED) is 0.866. The Labute approximate surface area is 142 Å². The van der Waals surface area contributed by atoms with Gasteiger partial charge in [0, 0.05) is 19.1 Å². The normalized spacial score (nSPS) is 22.6. The van der Waals surface area contributed by atoms with Crippen molar-refractivity contribution in [3.8, 4) is 0 Å². The summed E-state index contributed by atoms with van der Waals surface area (Å²) in [4.78, 5) is -0.0189. The van der Waals surface area contributed by atoms with Crippen LogP contribution in [-0.2, 0) is 10.0 Å². The zero-order valence-corrected chi connectivity index (χ0v) is 15.0. The third kappa shape index (κ3) is 3.66. The molecule has 0 aliphatic carbocycles. The lowest BCUT2D eigenvalue weighted by Gasteiger charge is -2.41. The molecule has 4 nitrogen and oxygen atoms in total. The van der Waals surface area contributed by atoms with Crippen LogP contribution in [-0.4, -0.2) is 31.9 Å². The number of piperidine rings is 1. The van der Waals surface area contributed by atoms with Gasteiger partial charge in [0.15, 0.2) is 0 Å². The van der Waals surface area contributed by atoms with Crippen molar-refractivity contribution in [2.75, 3.05) is 13.1 Å². The van der Waals surface area contributed by atoms with Crippen molar-refractivity contribution >= 4 is 45.6 Å². The van der Waals surface area contributed by atoms with Crippen LogP contribution in [0, 0.1) is 5.41 Å². The van der Waals surface area contributed by atoms with Crippen molar-refractivity contribution < 1.29 is 8.42 Å². The van der Waals surface area contributed by atoms with Crippen LogP contribution in [0.1, 0.15) is 20.3 Å². The maximum Gasteiger partial charge on any atom is 0.246 e. The highest BCUT2D eigenvalue weighted by Crippen LogP contribution is 2.36. The summed E-state index contributed by atoms with van der Waals surface area (Å²) in [6.45, 7) is 4.67. The summed E-state index contributed by atoms with van der Waals surface area (Å²) in [5.41, 5.74) is 5.76. The average molecular weight is 374 g/mol. The second kappa shape index (κ2) is 6.60. The van der Waals surface area contributed by atoms with E-state index in [1.54, 1.807) is 6.07 Å². The van der Waals surface area contributed by atoms with Crippen LogP contribution in [0.4, 0.5) is 0 Å². The van der Waals surface area contributed by atoms with Gasteiger partial charge in [0.05, 0.1) is 10.0 Å². The van der Waals surface area contributed by atoms with Gasteiger partial charge in [-0.05, 0) is 24.0 Å². The van der Waals surface area contributed by atoms with Gasteiger partial charge in [-0.2, -0.15) is 4.31 Å². The zero-order valence-electron chi connectivity index (χ0n) is 11.8. The molecule has 1 aromatic rings. The summed E-state index contributed by atoms with van der Waals surface area (Å²) in [6.07, 6.45) is 0.619. The summed E-state index contributed by atoms with van der Waals surface area (Å²) < 4.78 is 26.9. The third-order valence-corrected chi connectivity index (χ3v) is 6.60. The molecule has 21 heavy (non-hydrogen) atoms. The number of nitrogens with two attached hydrogens (primary N) is 1. The maximum atomic E-state index is 12.7. The molecule has 1 unspecified atom stereocenters. The van der Waals surface area contributed by atoms with Gasteiger partial charge in [-0.1, -0.05) is 43.1 Å². The molecule has 1 atom stereocenters. The summed E-state index contributed by atoms with van der Waals surface area (Å²) in [5, 5.41) is 0.287. The van der Waals surface area contributed by atoms with Gasteiger partial charge in [-0.25, -0.2) is 8.42 Å². The molecule has 1 aromatic carbocycles. The number of benzene rings is 1. The fourth-order valence-corrected chi connectivity index (χ4v) is 5.11. The smallest absolute Gasteiger partial charge is 0.246 e. The van der Waals surface area contributed by atoms with Crippen molar-refractivity contribution in [3.05, 3.63) is 28.2 Å². The highest BCUT2D eigenvalue weighted by molar-refractivity contribution is 7.89. The van der Waals surface area contributed by atoms with Gasteiger partial charge in [0.1, 0.15) is 4.90 Å². The number of nitrogens with zero attached hydrogens (tertiary/aromatic N) is 1. The first-order valence-electron chi connectivity index (χ1n) is 6.36. The first-order chi connectivity index (χ1) is 9.16. The predicted molar refractivity (Wildman–Crippen MR) is 88.8 cm³/mol. The lowest BCUT2D eigenvalue weighted by molar-refractivity contribution is 0.155. The molecule has 2 rings (SSSR count). The Morgan fingerprint density at radius 2 is 1.81 bits per heavy atom. The second-order valence-electron chi connectivity index (χ2n) is 5.77. The first-order valence-corrected chi connectivity index (χ1v) is 8.55. The zero-order chi connectivity index (χ0) is 15.1. The molecule has 120 valence electrons. The molecule has 0 spiro atoms. The van der Waals surface area contributed by atoms with E-state index < -0.39 is 10.0 Å². The van der Waals surface area contributed by atoms with E-state index in [-0.39, 0.29) is 38.8 Å². The van der Waals surface area contributed by atoms with Crippen molar-refractivity contribution in [3.63, 3.8) is 0 Å². The van der Waals surface area contributed by atoms with Gasteiger partial charge >= 0.3 is 0 Å². The number of hydrogen-bond acceptors (Lipinski definition) is 3. The summed E-state index contributed by atoms with van der Waals surface area (Å²) in [6, 6.07) is 4.66. The maximum absolute atomic E-state index is 12.7. The molecule has 0 saturated carbocycles. The Morgan fingerprint density at radius 1 is 1.29 bits per heavy atom. The van der Waals surface area contributed by atoms with E-state index in [9.17, 15) is 8.42 Å². The third-order valence-electron chi connectivity index (χ3n) is 3.79. The Balaban J connectivity index is 0.00000220. The Morgan fingerprint density at radius 3 is 2.29 bits per heavy atom. The average Bonchev–Trinajstić information content (AvgIpc) is 2.32. The van der Waals surface area contributed by atoms with E-state index in [2.05, 4.69) is 0 Å². The van der Waals surface area contributed by atoms with Crippen LogP contribution in [0.2, 0.25) is 10.0 Å². The minimum absolute atomic E-state index is 0. The SMILES string of the molecule is CC1(C)CN(S(=O)(=O)c2c(Cl)cccc2Cl)CCC1N.Cl. The molecule has 0 bridgehead atoms. The van der Waals surface area contributed by atoms with Crippen LogP contribution in [0.3, 0.4) is 0 Å². The summed E-state index contributed by atoms with van der Waals surface area (Å²) in [5.74, 6) is 0. The Kier molecular flexibility index (Phi) is 5.98. The van der Waals surface area contributed by atoms with Crippen molar-refractivity contribution in [1.82, 2.24) is 4.31 Å². The van der Waals surface area contributed by atoms with Gasteiger partial charge in [-0.15, -0.1) is 12.4 Å². The molecule has 1 aliphatic heterocycles. The van der Waals surface area contributed by atoms with E-state index in [0.29, 0.717) is 19.5 Å².